The third kappa shape index (κ3) is 2.88. The average molecular weight is 201 g/mol. The summed E-state index contributed by atoms with van der Waals surface area (Å²) >= 11 is 0. The monoisotopic (exact) mass is 201 g/mol. The Morgan fingerprint density at radius 2 is 2.43 bits per heavy atom. The van der Waals surface area contributed by atoms with E-state index in [0.717, 1.165) is 12.8 Å². The van der Waals surface area contributed by atoms with Gasteiger partial charge in [-0.2, -0.15) is 0 Å². The van der Waals surface area contributed by atoms with Crippen LogP contribution < -0.4 is 11.1 Å². The highest BCUT2D eigenvalue weighted by atomic mass is 16.5. The van der Waals surface area contributed by atoms with Crippen molar-refractivity contribution in [2.24, 2.45) is 10.9 Å². The molecule has 6 nitrogen and oxygen atoms in total. The summed E-state index contributed by atoms with van der Waals surface area (Å²) in [4.78, 5) is 11.4. The number of hydrogen-bond donors (Lipinski definition) is 3. The van der Waals surface area contributed by atoms with Crippen molar-refractivity contribution in [2.75, 3.05) is 6.54 Å². The number of nitrogens with two attached hydrogens (primary N) is 1. The van der Waals surface area contributed by atoms with Gasteiger partial charge in [0, 0.05) is 0 Å². The van der Waals surface area contributed by atoms with Gasteiger partial charge in [-0.05, 0) is 19.8 Å². The van der Waals surface area contributed by atoms with Crippen LogP contribution in [0.25, 0.3) is 0 Å². The second-order valence-corrected chi connectivity index (χ2v) is 3.32. The quantitative estimate of drug-likeness (QED) is 0.246. The fourth-order valence-corrected chi connectivity index (χ4v) is 1.32. The second kappa shape index (κ2) is 4.80. The topological polar surface area (TPSA) is 96.9 Å². The van der Waals surface area contributed by atoms with E-state index in [1.807, 2.05) is 6.92 Å². The molecule has 0 bridgehead atoms. The predicted octanol–water partition coefficient (Wildman–Crippen LogP) is -0.583. The molecular weight excluding hydrogens is 186 g/mol. The maximum absolute atomic E-state index is 11.4. The summed E-state index contributed by atoms with van der Waals surface area (Å²) in [5, 5.41) is 13.5. The lowest BCUT2D eigenvalue weighted by atomic mass is 10.2. The zero-order chi connectivity index (χ0) is 10.6. The minimum Gasteiger partial charge on any atom is -0.409 e. The summed E-state index contributed by atoms with van der Waals surface area (Å²) in [6.45, 7) is 1.97. The normalized spacial score (nSPS) is 27.6. The molecule has 0 saturated carbocycles. The summed E-state index contributed by atoms with van der Waals surface area (Å²) in [6, 6.07) is 0. The molecule has 0 aromatic heterocycles. The van der Waals surface area contributed by atoms with Gasteiger partial charge in [-0.25, -0.2) is 0 Å². The molecule has 80 valence electrons. The number of amidine groups is 1. The largest absolute Gasteiger partial charge is 0.409 e. The van der Waals surface area contributed by atoms with Gasteiger partial charge in [-0.3, -0.25) is 4.79 Å². The number of oxime groups is 1. The van der Waals surface area contributed by atoms with Crippen molar-refractivity contribution < 1.29 is 14.7 Å². The molecule has 0 aliphatic carbocycles. The number of hydrogen-bond acceptors (Lipinski definition) is 4. The van der Waals surface area contributed by atoms with Gasteiger partial charge >= 0.3 is 0 Å². The third-order valence-corrected chi connectivity index (χ3v) is 2.10. The molecule has 0 spiro atoms. The molecule has 6 heteroatoms. The van der Waals surface area contributed by atoms with Crippen molar-refractivity contribution in [3.63, 3.8) is 0 Å². The minimum atomic E-state index is -0.392. The summed E-state index contributed by atoms with van der Waals surface area (Å²) in [6.07, 6.45) is 1.36. The Labute approximate surface area is 82.1 Å². The van der Waals surface area contributed by atoms with Gasteiger partial charge in [-0.1, -0.05) is 5.16 Å². The van der Waals surface area contributed by atoms with Gasteiger partial charge in [0.1, 0.15) is 6.10 Å². The molecule has 1 rings (SSSR count). The maximum Gasteiger partial charge on any atom is 0.249 e. The molecule has 0 aromatic carbocycles. The number of carbonyl (C=O) groups excluding carboxylic acids is 1. The minimum absolute atomic E-state index is 0.0237. The third-order valence-electron chi connectivity index (χ3n) is 2.10. The van der Waals surface area contributed by atoms with E-state index < -0.39 is 6.10 Å². The molecular formula is C8H15N3O3. The van der Waals surface area contributed by atoms with Crippen LogP contribution in [-0.4, -0.2) is 35.7 Å². The summed E-state index contributed by atoms with van der Waals surface area (Å²) < 4.78 is 5.33. The molecule has 0 radical (unpaired) electrons. The molecule has 1 saturated heterocycles. The van der Waals surface area contributed by atoms with Crippen molar-refractivity contribution in [2.45, 2.75) is 32.0 Å². The van der Waals surface area contributed by atoms with E-state index in [1.165, 1.54) is 0 Å². The zero-order valence-corrected chi connectivity index (χ0v) is 8.06. The number of nitrogens with zero attached hydrogens (tertiary/aromatic N) is 1. The van der Waals surface area contributed by atoms with Gasteiger partial charge in [0.05, 0.1) is 12.6 Å². The first kappa shape index (κ1) is 10.8. The van der Waals surface area contributed by atoms with E-state index in [4.69, 9.17) is 15.7 Å². The van der Waals surface area contributed by atoms with E-state index in [2.05, 4.69) is 10.5 Å². The standard InChI is InChI=1S/C8H15N3O3/c1-5-2-3-6(14-5)8(12)10-4-7(9)11-13/h5-6,13H,2-4H2,1H3,(H2,9,11)(H,10,12). The number of rotatable bonds is 3. The van der Waals surface area contributed by atoms with Crippen LogP contribution in [0.5, 0.6) is 0 Å². The van der Waals surface area contributed by atoms with Gasteiger partial charge in [-0.15, -0.1) is 0 Å². The van der Waals surface area contributed by atoms with Crippen LogP contribution in [-0.2, 0) is 9.53 Å². The maximum atomic E-state index is 11.4. The van der Waals surface area contributed by atoms with Crippen molar-refractivity contribution in [1.82, 2.24) is 5.32 Å². The van der Waals surface area contributed by atoms with Crippen LogP contribution in [0.3, 0.4) is 0 Å². The summed E-state index contributed by atoms with van der Waals surface area (Å²) in [5.74, 6) is -0.231. The lowest BCUT2D eigenvalue weighted by Crippen LogP contribution is -2.39. The van der Waals surface area contributed by atoms with Crippen LogP contribution in [0.15, 0.2) is 5.16 Å². The fraction of sp³-hybridized carbons (Fsp3) is 0.750. The Balaban J connectivity index is 2.29. The highest BCUT2D eigenvalue weighted by Gasteiger charge is 2.27. The molecule has 1 aliphatic heterocycles. The number of ether oxygens (including phenoxy) is 1. The van der Waals surface area contributed by atoms with Crippen LogP contribution in [0.2, 0.25) is 0 Å². The predicted molar refractivity (Wildman–Crippen MR) is 50.0 cm³/mol. The first-order chi connectivity index (χ1) is 6.63. The lowest BCUT2D eigenvalue weighted by molar-refractivity contribution is -0.131. The van der Waals surface area contributed by atoms with Crippen LogP contribution >= 0.6 is 0 Å². The van der Waals surface area contributed by atoms with Gasteiger partial charge in [0.25, 0.3) is 0 Å². The van der Waals surface area contributed by atoms with Crippen LogP contribution in [0, 0.1) is 0 Å². The molecule has 4 N–H and O–H groups in total. The van der Waals surface area contributed by atoms with Crippen molar-refractivity contribution >= 4 is 11.7 Å². The van der Waals surface area contributed by atoms with E-state index >= 15 is 0 Å². The van der Waals surface area contributed by atoms with E-state index in [-0.39, 0.29) is 24.4 Å². The van der Waals surface area contributed by atoms with Crippen molar-refractivity contribution in [1.29, 1.82) is 0 Å². The van der Waals surface area contributed by atoms with Crippen LogP contribution in [0.4, 0.5) is 0 Å². The second-order valence-electron chi connectivity index (χ2n) is 3.32. The molecule has 2 atom stereocenters. The Morgan fingerprint density at radius 1 is 1.71 bits per heavy atom. The molecule has 1 amide bonds. The Kier molecular flexibility index (Phi) is 3.70. The SMILES string of the molecule is CC1CCC(C(=O)NCC(N)=NO)O1. The molecule has 1 fully saturated rings. The molecule has 14 heavy (non-hydrogen) atoms. The highest BCUT2D eigenvalue weighted by Crippen LogP contribution is 2.18. The smallest absolute Gasteiger partial charge is 0.249 e. The van der Waals surface area contributed by atoms with Gasteiger partial charge in [0.2, 0.25) is 5.91 Å². The summed E-state index contributed by atoms with van der Waals surface area (Å²) in [5.41, 5.74) is 5.19. The fourth-order valence-electron chi connectivity index (χ4n) is 1.32. The van der Waals surface area contributed by atoms with Crippen LogP contribution in [0.1, 0.15) is 19.8 Å². The van der Waals surface area contributed by atoms with E-state index in [0.29, 0.717) is 0 Å². The Bertz CT molecular complexity index is 242. The zero-order valence-electron chi connectivity index (χ0n) is 8.06. The van der Waals surface area contributed by atoms with E-state index in [9.17, 15) is 4.79 Å². The molecule has 1 heterocycles. The molecule has 0 aromatic rings. The first-order valence-corrected chi connectivity index (χ1v) is 4.53. The average Bonchev–Trinajstić information content (AvgIpc) is 2.60. The molecule has 1 aliphatic rings. The van der Waals surface area contributed by atoms with Gasteiger partial charge < -0.3 is 21.0 Å². The number of nitrogens with one attached hydrogen (secondary N) is 1. The number of amides is 1. The van der Waals surface area contributed by atoms with Gasteiger partial charge in [0.15, 0.2) is 5.84 Å². The Morgan fingerprint density at radius 3 is 2.93 bits per heavy atom. The number of carbonyl (C=O) groups is 1. The first-order valence-electron chi connectivity index (χ1n) is 4.53. The van der Waals surface area contributed by atoms with Crippen molar-refractivity contribution in [3.8, 4) is 0 Å². The Hall–Kier alpha value is -1.30. The van der Waals surface area contributed by atoms with Crippen molar-refractivity contribution in [3.05, 3.63) is 0 Å². The highest BCUT2D eigenvalue weighted by molar-refractivity contribution is 5.88. The lowest BCUT2D eigenvalue weighted by Gasteiger charge is -2.10. The summed E-state index contributed by atoms with van der Waals surface area (Å²) in [7, 11) is 0. The van der Waals surface area contributed by atoms with E-state index in [1.54, 1.807) is 0 Å². The molecule has 2 unspecified atom stereocenters.